The van der Waals surface area contributed by atoms with Crippen LogP contribution in [-0.2, 0) is 10.0 Å². The Morgan fingerprint density at radius 2 is 1.72 bits per heavy atom. The second kappa shape index (κ2) is 7.41. The van der Waals surface area contributed by atoms with Crippen LogP contribution in [0.4, 0.5) is 10.1 Å². The van der Waals surface area contributed by atoms with Gasteiger partial charge >= 0.3 is 0 Å². The van der Waals surface area contributed by atoms with Crippen molar-refractivity contribution in [3.63, 3.8) is 0 Å². The van der Waals surface area contributed by atoms with E-state index in [4.69, 9.17) is 4.52 Å². The molecule has 0 aliphatic rings. The van der Waals surface area contributed by atoms with E-state index in [-0.39, 0.29) is 22.4 Å². The molecule has 0 N–H and O–H groups in total. The Morgan fingerprint density at radius 3 is 2.41 bits per heavy atom. The highest BCUT2D eigenvalue weighted by atomic mass is 32.2. The molecule has 2 aromatic carbocycles. The van der Waals surface area contributed by atoms with Gasteiger partial charge in [-0.1, -0.05) is 22.9 Å². The zero-order valence-electron chi connectivity index (χ0n) is 15.5. The summed E-state index contributed by atoms with van der Waals surface area (Å²) in [5.74, 6) is -0.0258. The van der Waals surface area contributed by atoms with Gasteiger partial charge in [-0.05, 0) is 54.8 Å². The smallest absolute Gasteiger partial charge is 0.269 e. The number of hydrogen-bond acceptors (Lipinski definition) is 6. The van der Waals surface area contributed by atoms with Crippen molar-refractivity contribution in [2.45, 2.75) is 11.8 Å². The van der Waals surface area contributed by atoms with E-state index in [0.717, 1.165) is 5.56 Å². The van der Waals surface area contributed by atoms with Crippen LogP contribution in [0.1, 0.15) is 5.56 Å². The molecule has 2 heterocycles. The van der Waals surface area contributed by atoms with Gasteiger partial charge in [-0.3, -0.25) is 4.31 Å². The predicted octanol–water partition coefficient (Wildman–Crippen LogP) is 4.74. The summed E-state index contributed by atoms with van der Waals surface area (Å²) in [6.07, 6.45) is 0. The molecule has 2 aromatic heterocycles. The van der Waals surface area contributed by atoms with Gasteiger partial charge in [0.1, 0.15) is 15.6 Å². The van der Waals surface area contributed by atoms with Gasteiger partial charge in [0, 0.05) is 12.6 Å². The molecule has 0 aliphatic carbocycles. The summed E-state index contributed by atoms with van der Waals surface area (Å²) in [6.45, 7) is 1.93. The van der Waals surface area contributed by atoms with Crippen molar-refractivity contribution < 1.29 is 17.3 Å². The molecule has 0 spiro atoms. The molecule has 4 rings (SSSR count). The number of anilines is 1. The number of rotatable bonds is 5. The van der Waals surface area contributed by atoms with E-state index in [1.165, 1.54) is 53.0 Å². The first kappa shape index (κ1) is 19.3. The number of halogens is 1. The van der Waals surface area contributed by atoms with E-state index in [2.05, 4.69) is 10.1 Å². The fraction of sp³-hybridized carbons (Fsp3) is 0.100. The van der Waals surface area contributed by atoms with Crippen molar-refractivity contribution in [3.8, 4) is 22.2 Å². The largest absolute Gasteiger partial charge is 0.333 e. The second-order valence-corrected chi connectivity index (χ2v) is 9.21. The fourth-order valence-corrected chi connectivity index (χ4v) is 5.24. The number of thiophene rings is 1. The van der Waals surface area contributed by atoms with Crippen molar-refractivity contribution in [1.29, 1.82) is 0 Å². The zero-order chi connectivity index (χ0) is 20.6. The molecule has 9 heteroatoms. The first-order valence-corrected chi connectivity index (χ1v) is 10.9. The van der Waals surface area contributed by atoms with Crippen LogP contribution in [-0.4, -0.2) is 25.6 Å². The van der Waals surface area contributed by atoms with Crippen LogP contribution in [0.5, 0.6) is 0 Å². The Balaban J connectivity index is 1.70. The van der Waals surface area contributed by atoms with Crippen molar-refractivity contribution in [2.24, 2.45) is 0 Å². The zero-order valence-corrected chi connectivity index (χ0v) is 17.2. The molecule has 0 bridgehead atoms. The number of aromatic nitrogens is 2. The van der Waals surface area contributed by atoms with E-state index in [9.17, 15) is 12.8 Å². The lowest BCUT2D eigenvalue weighted by Gasteiger charge is -2.19. The van der Waals surface area contributed by atoms with Gasteiger partial charge in [0.25, 0.3) is 15.9 Å². The van der Waals surface area contributed by atoms with E-state index < -0.39 is 10.0 Å². The molecule has 0 atom stereocenters. The third-order valence-corrected chi connectivity index (χ3v) is 7.25. The van der Waals surface area contributed by atoms with Crippen LogP contribution in [0, 0.1) is 12.7 Å². The van der Waals surface area contributed by atoms with Gasteiger partial charge in [0.05, 0.1) is 5.69 Å². The van der Waals surface area contributed by atoms with Crippen LogP contribution in [0.15, 0.2) is 69.4 Å². The molecular weight excluding hydrogens is 413 g/mol. The highest BCUT2D eigenvalue weighted by Crippen LogP contribution is 2.35. The highest BCUT2D eigenvalue weighted by Gasteiger charge is 2.28. The summed E-state index contributed by atoms with van der Waals surface area (Å²) in [4.78, 5) is 4.73. The fourth-order valence-electron chi connectivity index (χ4n) is 2.73. The maximum atomic E-state index is 13.2. The summed E-state index contributed by atoms with van der Waals surface area (Å²) in [7, 11) is -2.34. The number of aryl methyl sites for hydroxylation is 1. The molecule has 0 unspecified atom stereocenters. The maximum absolute atomic E-state index is 13.2. The van der Waals surface area contributed by atoms with Gasteiger partial charge < -0.3 is 4.52 Å². The van der Waals surface area contributed by atoms with Crippen molar-refractivity contribution >= 4 is 27.0 Å². The molecule has 0 radical (unpaired) electrons. The van der Waals surface area contributed by atoms with Gasteiger partial charge in [-0.15, -0.1) is 11.3 Å². The van der Waals surface area contributed by atoms with Crippen molar-refractivity contribution in [2.75, 3.05) is 11.4 Å². The molecule has 0 saturated heterocycles. The monoisotopic (exact) mass is 429 g/mol. The lowest BCUT2D eigenvalue weighted by Crippen LogP contribution is -2.26. The molecule has 0 saturated carbocycles. The van der Waals surface area contributed by atoms with Crippen LogP contribution >= 0.6 is 11.3 Å². The number of benzene rings is 2. The molecule has 148 valence electrons. The average molecular weight is 429 g/mol. The molecule has 0 aliphatic heterocycles. The van der Waals surface area contributed by atoms with Crippen LogP contribution < -0.4 is 4.31 Å². The molecule has 0 amide bonds. The lowest BCUT2D eigenvalue weighted by atomic mass is 10.2. The van der Waals surface area contributed by atoms with Gasteiger partial charge in [-0.25, -0.2) is 12.8 Å². The predicted molar refractivity (Wildman–Crippen MR) is 110 cm³/mol. The summed E-state index contributed by atoms with van der Waals surface area (Å²) < 4.78 is 46.0. The summed E-state index contributed by atoms with van der Waals surface area (Å²) >= 11 is 1.19. The Bertz CT molecular complexity index is 1250. The third-order valence-electron chi connectivity index (χ3n) is 4.39. The van der Waals surface area contributed by atoms with Crippen LogP contribution in [0.2, 0.25) is 0 Å². The standard InChI is InChI=1S/C20H16FN3O3S2/c1-13-3-9-16(10-4-13)24(2)29(25,26)17-11-12-28-18(17)20-22-19(23-27-20)14-5-7-15(21)8-6-14/h3-12H,1-2H3. The van der Waals surface area contributed by atoms with Gasteiger partial charge in [0.2, 0.25) is 5.82 Å². The SMILES string of the molecule is Cc1ccc(N(C)S(=O)(=O)c2ccsc2-c2nc(-c3ccc(F)cc3)no2)cc1. The second-order valence-electron chi connectivity index (χ2n) is 6.35. The number of hydrogen-bond donors (Lipinski definition) is 0. The van der Waals surface area contributed by atoms with E-state index in [1.807, 2.05) is 19.1 Å². The van der Waals surface area contributed by atoms with Gasteiger partial charge in [0.15, 0.2) is 0 Å². The van der Waals surface area contributed by atoms with E-state index >= 15 is 0 Å². The first-order chi connectivity index (χ1) is 13.9. The Labute approximate surface area is 171 Å². The maximum Gasteiger partial charge on any atom is 0.269 e. The summed E-state index contributed by atoms with van der Waals surface area (Å²) in [5, 5.41) is 5.56. The topological polar surface area (TPSA) is 76.3 Å². The summed E-state index contributed by atoms with van der Waals surface area (Å²) in [5.41, 5.74) is 2.15. The molecule has 29 heavy (non-hydrogen) atoms. The molecule has 6 nitrogen and oxygen atoms in total. The lowest BCUT2D eigenvalue weighted by molar-refractivity contribution is 0.432. The van der Waals surface area contributed by atoms with E-state index in [1.54, 1.807) is 17.5 Å². The number of sulfonamides is 1. The Kier molecular flexibility index (Phi) is 4.93. The van der Waals surface area contributed by atoms with Crippen LogP contribution in [0.25, 0.3) is 22.2 Å². The van der Waals surface area contributed by atoms with Crippen molar-refractivity contribution in [1.82, 2.24) is 10.1 Å². The highest BCUT2D eigenvalue weighted by molar-refractivity contribution is 7.93. The normalized spacial score (nSPS) is 11.6. The molecule has 4 aromatic rings. The third kappa shape index (κ3) is 3.66. The minimum atomic E-state index is -3.83. The van der Waals surface area contributed by atoms with Crippen molar-refractivity contribution in [3.05, 3.63) is 71.4 Å². The Hall–Kier alpha value is -3.04. The number of nitrogens with zero attached hydrogens (tertiary/aromatic N) is 3. The molecule has 0 fully saturated rings. The van der Waals surface area contributed by atoms with E-state index in [0.29, 0.717) is 16.1 Å². The van der Waals surface area contributed by atoms with Crippen LogP contribution in [0.3, 0.4) is 0 Å². The quantitative estimate of drug-likeness (QED) is 0.458. The minimum absolute atomic E-state index is 0.0832. The molecular formula is C20H16FN3O3S2. The Morgan fingerprint density at radius 1 is 1.03 bits per heavy atom. The average Bonchev–Trinajstić information content (AvgIpc) is 3.38. The minimum Gasteiger partial charge on any atom is -0.333 e. The first-order valence-electron chi connectivity index (χ1n) is 8.59. The van der Waals surface area contributed by atoms with Gasteiger partial charge in [-0.2, -0.15) is 4.98 Å². The summed E-state index contributed by atoms with van der Waals surface area (Å²) in [6, 6.07) is 14.4.